The second-order valence-electron chi connectivity index (χ2n) is 7.94. The van der Waals surface area contributed by atoms with Crippen molar-refractivity contribution in [2.45, 2.75) is 27.3 Å². The summed E-state index contributed by atoms with van der Waals surface area (Å²) in [4.78, 5) is 28.7. The van der Waals surface area contributed by atoms with Crippen LogP contribution in [0.2, 0.25) is 0 Å². The monoisotopic (exact) mass is 427 g/mol. The number of piperazine rings is 1. The van der Waals surface area contributed by atoms with Crippen molar-refractivity contribution in [3.63, 3.8) is 0 Å². The summed E-state index contributed by atoms with van der Waals surface area (Å²) < 4.78 is 18.1. The fourth-order valence-corrected chi connectivity index (χ4v) is 4.14. The van der Waals surface area contributed by atoms with Crippen LogP contribution in [0, 0.1) is 13.8 Å². The fourth-order valence-electron chi connectivity index (χ4n) is 4.14. The predicted molar refractivity (Wildman–Crippen MR) is 115 cm³/mol. The normalized spacial score (nSPS) is 15.9. The number of nitrogens with zero attached hydrogens (tertiary/aromatic N) is 3. The Hall–Kier alpha value is -3.00. The van der Waals surface area contributed by atoms with Gasteiger partial charge in [-0.1, -0.05) is 6.07 Å². The zero-order valence-corrected chi connectivity index (χ0v) is 18.3. The van der Waals surface area contributed by atoms with Crippen molar-refractivity contribution in [1.29, 1.82) is 0 Å². The molecule has 3 heterocycles. The number of rotatable bonds is 6. The summed E-state index contributed by atoms with van der Waals surface area (Å²) in [6.45, 7) is 9.96. The molecule has 1 fully saturated rings. The minimum atomic E-state index is -0.277. The second-order valence-corrected chi connectivity index (χ2v) is 7.94. The molecule has 1 amide bonds. The van der Waals surface area contributed by atoms with E-state index in [1.54, 1.807) is 11.8 Å². The Labute approximate surface area is 182 Å². The lowest BCUT2D eigenvalue weighted by Crippen LogP contribution is -2.50. The summed E-state index contributed by atoms with van der Waals surface area (Å²) in [7, 11) is 0. The van der Waals surface area contributed by atoms with Gasteiger partial charge in [0.15, 0.2) is 17.3 Å². The van der Waals surface area contributed by atoms with Gasteiger partial charge in [0.2, 0.25) is 6.79 Å². The maximum Gasteiger partial charge on any atom is 0.409 e. The number of aromatic nitrogens is 1. The lowest BCUT2D eigenvalue weighted by atomic mass is 10.1. The molecule has 0 unspecified atom stereocenters. The highest BCUT2D eigenvalue weighted by atomic mass is 16.7. The van der Waals surface area contributed by atoms with E-state index >= 15 is 0 Å². The fraction of sp³-hybridized carbons (Fsp3) is 0.478. The van der Waals surface area contributed by atoms with E-state index in [9.17, 15) is 9.59 Å². The van der Waals surface area contributed by atoms with Gasteiger partial charge in [0.25, 0.3) is 0 Å². The van der Waals surface area contributed by atoms with E-state index in [0.29, 0.717) is 45.9 Å². The standard InChI is InChI=1S/C23H29N3O5/c1-4-29-23(28)25-9-7-24(8-10-25)14-20(27)19-11-16(2)26(17(19)3)13-18-5-6-21-22(12-18)31-15-30-21/h5-6,11-12H,4,7-10,13-15H2,1-3H3. The second kappa shape index (κ2) is 9.01. The number of ether oxygens (including phenoxy) is 3. The van der Waals surface area contributed by atoms with Crippen LogP contribution in [0.15, 0.2) is 24.3 Å². The van der Waals surface area contributed by atoms with Crippen LogP contribution in [0.4, 0.5) is 4.79 Å². The maximum absolute atomic E-state index is 13.0. The van der Waals surface area contributed by atoms with E-state index in [1.165, 1.54) is 0 Å². The van der Waals surface area contributed by atoms with Gasteiger partial charge in [0.05, 0.1) is 13.2 Å². The van der Waals surface area contributed by atoms with Gasteiger partial charge in [0, 0.05) is 49.7 Å². The molecule has 1 aromatic carbocycles. The van der Waals surface area contributed by atoms with Crippen molar-refractivity contribution >= 4 is 11.9 Å². The molecule has 166 valence electrons. The van der Waals surface area contributed by atoms with Crippen LogP contribution < -0.4 is 9.47 Å². The van der Waals surface area contributed by atoms with Gasteiger partial charge in [-0.05, 0) is 44.5 Å². The first-order valence-corrected chi connectivity index (χ1v) is 10.7. The molecule has 0 radical (unpaired) electrons. The van der Waals surface area contributed by atoms with E-state index in [-0.39, 0.29) is 18.7 Å². The summed E-state index contributed by atoms with van der Waals surface area (Å²) >= 11 is 0. The number of benzene rings is 1. The molecule has 4 rings (SSSR count). The van der Waals surface area contributed by atoms with Crippen LogP contribution in [0.3, 0.4) is 0 Å². The predicted octanol–water partition coefficient (Wildman–Crippen LogP) is 2.84. The first-order chi connectivity index (χ1) is 15.0. The topological polar surface area (TPSA) is 73.2 Å². The number of amides is 1. The number of carbonyl (C=O) groups is 2. The molecule has 8 heteroatoms. The molecule has 31 heavy (non-hydrogen) atoms. The molecule has 1 saturated heterocycles. The van der Waals surface area contributed by atoms with Crippen LogP contribution in [0.5, 0.6) is 11.5 Å². The lowest BCUT2D eigenvalue weighted by molar-refractivity contribution is 0.0733. The summed E-state index contributed by atoms with van der Waals surface area (Å²) in [5, 5.41) is 0. The highest BCUT2D eigenvalue weighted by Gasteiger charge is 2.25. The van der Waals surface area contributed by atoms with Gasteiger partial charge in [-0.2, -0.15) is 0 Å². The summed E-state index contributed by atoms with van der Waals surface area (Å²) in [6.07, 6.45) is -0.277. The van der Waals surface area contributed by atoms with Gasteiger partial charge < -0.3 is 23.7 Å². The number of hydrogen-bond acceptors (Lipinski definition) is 6. The molecule has 8 nitrogen and oxygen atoms in total. The first-order valence-electron chi connectivity index (χ1n) is 10.7. The summed E-state index contributed by atoms with van der Waals surface area (Å²) in [5.41, 5.74) is 3.86. The highest BCUT2D eigenvalue weighted by molar-refractivity contribution is 5.99. The van der Waals surface area contributed by atoms with E-state index in [0.717, 1.165) is 34.0 Å². The molecule has 0 saturated carbocycles. The van der Waals surface area contributed by atoms with E-state index in [2.05, 4.69) is 9.47 Å². The van der Waals surface area contributed by atoms with Gasteiger partial charge in [0.1, 0.15) is 0 Å². The number of fused-ring (bicyclic) bond motifs is 1. The lowest BCUT2D eigenvalue weighted by Gasteiger charge is -2.33. The minimum absolute atomic E-state index is 0.106. The molecular formula is C23H29N3O5. The van der Waals surface area contributed by atoms with Crippen LogP contribution in [-0.4, -0.2) is 72.4 Å². The number of aryl methyl sites for hydroxylation is 1. The molecule has 2 aliphatic heterocycles. The van der Waals surface area contributed by atoms with Gasteiger partial charge in [-0.15, -0.1) is 0 Å². The minimum Gasteiger partial charge on any atom is -0.454 e. The Morgan fingerprint density at radius 3 is 2.52 bits per heavy atom. The third-order valence-corrected chi connectivity index (χ3v) is 5.92. The average Bonchev–Trinajstić information content (AvgIpc) is 3.34. The molecule has 0 bridgehead atoms. The molecule has 0 aliphatic carbocycles. The van der Waals surface area contributed by atoms with Gasteiger partial charge >= 0.3 is 6.09 Å². The third kappa shape index (κ3) is 4.54. The molecular weight excluding hydrogens is 398 g/mol. The summed E-state index contributed by atoms with van der Waals surface area (Å²) in [5.74, 6) is 1.64. The number of ketones is 1. The number of Topliss-reactive ketones (excluding diaryl/α,β-unsaturated/α-hetero) is 1. The quantitative estimate of drug-likeness (QED) is 0.660. The zero-order valence-electron chi connectivity index (χ0n) is 18.3. The molecule has 2 aliphatic rings. The summed E-state index contributed by atoms with van der Waals surface area (Å²) in [6, 6.07) is 7.91. The number of carbonyl (C=O) groups excluding carboxylic acids is 2. The molecule has 0 N–H and O–H groups in total. The average molecular weight is 428 g/mol. The molecule has 2 aromatic rings. The van der Waals surface area contributed by atoms with Crippen LogP contribution in [-0.2, 0) is 11.3 Å². The Balaban J connectivity index is 1.39. The third-order valence-electron chi connectivity index (χ3n) is 5.92. The largest absolute Gasteiger partial charge is 0.454 e. The molecule has 1 aromatic heterocycles. The van der Waals surface area contributed by atoms with Crippen molar-refractivity contribution in [3.8, 4) is 11.5 Å². The van der Waals surface area contributed by atoms with Gasteiger partial charge in [-0.25, -0.2) is 4.79 Å². The van der Waals surface area contributed by atoms with Crippen LogP contribution in [0.25, 0.3) is 0 Å². The first kappa shape index (κ1) is 21.2. The van der Waals surface area contributed by atoms with Gasteiger partial charge in [-0.3, -0.25) is 9.69 Å². The van der Waals surface area contributed by atoms with Crippen molar-refractivity contribution in [1.82, 2.24) is 14.4 Å². The van der Waals surface area contributed by atoms with Crippen LogP contribution >= 0.6 is 0 Å². The Bertz CT molecular complexity index is 976. The van der Waals surface area contributed by atoms with E-state index < -0.39 is 0 Å². The Kier molecular flexibility index (Phi) is 6.18. The SMILES string of the molecule is CCOC(=O)N1CCN(CC(=O)c2cc(C)n(Cc3ccc4c(c3)OCO4)c2C)CC1. The number of hydrogen-bond donors (Lipinski definition) is 0. The molecule has 0 atom stereocenters. The Morgan fingerprint density at radius 2 is 1.77 bits per heavy atom. The van der Waals surface area contributed by atoms with Crippen molar-refractivity contribution < 1.29 is 23.8 Å². The maximum atomic E-state index is 13.0. The van der Waals surface area contributed by atoms with E-state index in [1.807, 2.05) is 38.1 Å². The Morgan fingerprint density at radius 1 is 1.03 bits per heavy atom. The van der Waals surface area contributed by atoms with Crippen LogP contribution in [0.1, 0.15) is 34.2 Å². The zero-order chi connectivity index (χ0) is 22.0. The van der Waals surface area contributed by atoms with Crippen molar-refractivity contribution in [3.05, 3.63) is 46.8 Å². The van der Waals surface area contributed by atoms with E-state index in [4.69, 9.17) is 14.2 Å². The van der Waals surface area contributed by atoms with Crippen molar-refractivity contribution in [2.24, 2.45) is 0 Å². The van der Waals surface area contributed by atoms with Crippen molar-refractivity contribution in [2.75, 3.05) is 46.1 Å². The highest BCUT2D eigenvalue weighted by Crippen LogP contribution is 2.33. The molecule has 0 spiro atoms. The smallest absolute Gasteiger partial charge is 0.409 e.